The van der Waals surface area contributed by atoms with Crippen molar-refractivity contribution in [1.82, 2.24) is 5.32 Å². The van der Waals surface area contributed by atoms with Crippen LogP contribution in [0.3, 0.4) is 0 Å². The zero-order chi connectivity index (χ0) is 14.0. The first kappa shape index (κ1) is 13.4. The van der Waals surface area contributed by atoms with E-state index in [1.165, 1.54) is 0 Å². The highest BCUT2D eigenvalue weighted by molar-refractivity contribution is 6.01. The summed E-state index contributed by atoms with van der Waals surface area (Å²) in [7, 11) is 0. The minimum absolute atomic E-state index is 0.226. The number of carbonyl (C=O) groups is 1. The molecule has 0 aliphatic carbocycles. The third-order valence-electron chi connectivity index (χ3n) is 4.44. The third kappa shape index (κ3) is 2.29. The molecular formula is C16H21NO3. The van der Waals surface area contributed by atoms with E-state index in [4.69, 9.17) is 9.47 Å². The van der Waals surface area contributed by atoms with Crippen LogP contribution in [0.25, 0.3) is 0 Å². The van der Waals surface area contributed by atoms with Crippen LogP contribution < -0.4 is 14.8 Å². The first-order chi connectivity index (χ1) is 9.75. The van der Waals surface area contributed by atoms with Crippen molar-refractivity contribution in [2.45, 2.75) is 26.2 Å². The zero-order valence-corrected chi connectivity index (χ0v) is 11.9. The Morgan fingerprint density at radius 2 is 2.10 bits per heavy atom. The number of fused-ring (bicyclic) bond motifs is 1. The van der Waals surface area contributed by atoms with E-state index in [2.05, 4.69) is 12.2 Å². The maximum atomic E-state index is 12.9. The molecule has 4 heteroatoms. The van der Waals surface area contributed by atoms with Crippen molar-refractivity contribution in [3.05, 3.63) is 23.8 Å². The Labute approximate surface area is 119 Å². The number of hydrogen-bond donors (Lipinski definition) is 1. The Bertz CT molecular complexity index is 506. The van der Waals surface area contributed by atoms with Crippen LogP contribution >= 0.6 is 0 Å². The molecule has 2 aliphatic rings. The van der Waals surface area contributed by atoms with Crippen LogP contribution in [0.4, 0.5) is 0 Å². The predicted molar refractivity (Wildman–Crippen MR) is 76.6 cm³/mol. The van der Waals surface area contributed by atoms with Gasteiger partial charge in [-0.1, -0.05) is 6.92 Å². The summed E-state index contributed by atoms with van der Waals surface area (Å²) in [5.74, 6) is 1.65. The van der Waals surface area contributed by atoms with Crippen LogP contribution in [0.15, 0.2) is 18.2 Å². The molecule has 20 heavy (non-hydrogen) atoms. The Hall–Kier alpha value is -1.55. The number of ether oxygens (including phenoxy) is 2. The van der Waals surface area contributed by atoms with Crippen molar-refractivity contribution >= 4 is 5.78 Å². The lowest BCUT2D eigenvalue weighted by atomic mass is 9.73. The molecule has 1 fully saturated rings. The first-order valence-corrected chi connectivity index (χ1v) is 7.40. The van der Waals surface area contributed by atoms with Crippen LogP contribution in [-0.2, 0) is 0 Å². The first-order valence-electron chi connectivity index (χ1n) is 7.40. The number of Topliss-reactive ketones (excluding diaryl/α,β-unsaturated/α-hetero) is 1. The molecule has 1 N–H and O–H groups in total. The molecule has 1 unspecified atom stereocenters. The van der Waals surface area contributed by atoms with Gasteiger partial charge in [0.25, 0.3) is 0 Å². The predicted octanol–water partition coefficient (Wildman–Crippen LogP) is 2.42. The number of piperidine rings is 1. The molecule has 1 saturated heterocycles. The summed E-state index contributed by atoms with van der Waals surface area (Å²) in [6, 6.07) is 5.55. The molecule has 2 aliphatic heterocycles. The standard InChI is InChI=1S/C16H21NO3/c1-2-16(6-3-7-17-11-16)15(18)12-4-5-13-14(10-12)20-9-8-19-13/h4-5,10,17H,2-3,6-9,11H2,1H3. The van der Waals surface area contributed by atoms with Gasteiger partial charge in [0.2, 0.25) is 0 Å². The lowest BCUT2D eigenvalue weighted by Crippen LogP contribution is -2.45. The highest BCUT2D eigenvalue weighted by Gasteiger charge is 2.38. The van der Waals surface area contributed by atoms with E-state index in [1.54, 1.807) is 0 Å². The maximum absolute atomic E-state index is 12.9. The Balaban J connectivity index is 1.89. The van der Waals surface area contributed by atoms with E-state index >= 15 is 0 Å². The number of hydrogen-bond acceptors (Lipinski definition) is 4. The van der Waals surface area contributed by atoms with Gasteiger partial charge in [-0.2, -0.15) is 0 Å². The Kier molecular flexibility index (Phi) is 3.66. The van der Waals surface area contributed by atoms with E-state index in [0.29, 0.717) is 19.0 Å². The molecule has 1 atom stereocenters. The van der Waals surface area contributed by atoms with Gasteiger partial charge in [-0.3, -0.25) is 4.79 Å². The van der Waals surface area contributed by atoms with Crippen LogP contribution in [-0.4, -0.2) is 32.1 Å². The molecule has 0 bridgehead atoms. The fourth-order valence-electron chi connectivity index (χ4n) is 3.11. The number of rotatable bonds is 3. The van der Waals surface area contributed by atoms with Crippen molar-refractivity contribution in [1.29, 1.82) is 0 Å². The van der Waals surface area contributed by atoms with E-state index in [9.17, 15) is 4.79 Å². The molecule has 0 saturated carbocycles. The Morgan fingerprint density at radius 1 is 1.30 bits per heavy atom. The molecule has 4 nitrogen and oxygen atoms in total. The second-order valence-corrected chi connectivity index (χ2v) is 5.60. The summed E-state index contributed by atoms with van der Waals surface area (Å²) < 4.78 is 11.1. The quantitative estimate of drug-likeness (QED) is 0.861. The molecular weight excluding hydrogens is 254 g/mol. The third-order valence-corrected chi connectivity index (χ3v) is 4.44. The molecule has 1 aromatic rings. The lowest BCUT2D eigenvalue weighted by molar-refractivity contribution is 0.0729. The van der Waals surface area contributed by atoms with Gasteiger partial charge in [-0.25, -0.2) is 0 Å². The summed E-state index contributed by atoms with van der Waals surface area (Å²) >= 11 is 0. The van der Waals surface area contributed by atoms with Gasteiger partial charge < -0.3 is 14.8 Å². The van der Waals surface area contributed by atoms with E-state index in [1.807, 2.05) is 18.2 Å². The molecule has 0 radical (unpaired) electrons. The summed E-state index contributed by atoms with van der Waals surface area (Å²) in [4.78, 5) is 12.9. The highest BCUT2D eigenvalue weighted by Crippen LogP contribution is 2.37. The normalized spacial score (nSPS) is 25.2. The van der Waals surface area contributed by atoms with Crippen LogP contribution in [0.1, 0.15) is 36.5 Å². The van der Waals surface area contributed by atoms with Crippen molar-refractivity contribution in [2.24, 2.45) is 5.41 Å². The van der Waals surface area contributed by atoms with Crippen LogP contribution in [0.5, 0.6) is 11.5 Å². The molecule has 0 aromatic heterocycles. The van der Waals surface area contributed by atoms with Crippen LogP contribution in [0.2, 0.25) is 0 Å². The van der Waals surface area contributed by atoms with Crippen LogP contribution in [0, 0.1) is 5.41 Å². The van der Waals surface area contributed by atoms with Gasteiger partial charge in [0, 0.05) is 17.5 Å². The monoisotopic (exact) mass is 275 g/mol. The van der Waals surface area contributed by atoms with Crippen molar-refractivity contribution < 1.29 is 14.3 Å². The second-order valence-electron chi connectivity index (χ2n) is 5.60. The van der Waals surface area contributed by atoms with E-state index < -0.39 is 0 Å². The maximum Gasteiger partial charge on any atom is 0.170 e. The topological polar surface area (TPSA) is 47.6 Å². The summed E-state index contributed by atoms with van der Waals surface area (Å²) in [5, 5.41) is 3.36. The largest absolute Gasteiger partial charge is 0.486 e. The van der Waals surface area contributed by atoms with Crippen molar-refractivity contribution in [3.8, 4) is 11.5 Å². The number of carbonyl (C=O) groups excluding carboxylic acids is 1. The number of ketones is 1. The SMILES string of the molecule is CCC1(C(=O)c2ccc3c(c2)OCCO3)CCCNC1. The lowest BCUT2D eigenvalue weighted by Gasteiger charge is -2.35. The highest BCUT2D eigenvalue weighted by atomic mass is 16.6. The van der Waals surface area contributed by atoms with Gasteiger partial charge in [-0.15, -0.1) is 0 Å². The minimum atomic E-state index is -0.262. The number of benzene rings is 1. The van der Waals surface area contributed by atoms with Gasteiger partial charge in [0.15, 0.2) is 17.3 Å². The van der Waals surface area contributed by atoms with Gasteiger partial charge in [-0.05, 0) is 44.0 Å². The van der Waals surface area contributed by atoms with Crippen molar-refractivity contribution in [3.63, 3.8) is 0 Å². The van der Waals surface area contributed by atoms with Gasteiger partial charge >= 0.3 is 0 Å². The molecule has 108 valence electrons. The van der Waals surface area contributed by atoms with Gasteiger partial charge in [0.1, 0.15) is 13.2 Å². The smallest absolute Gasteiger partial charge is 0.170 e. The van der Waals surface area contributed by atoms with E-state index in [-0.39, 0.29) is 11.2 Å². The molecule has 3 rings (SSSR count). The van der Waals surface area contributed by atoms with Gasteiger partial charge in [0.05, 0.1) is 0 Å². The fourth-order valence-corrected chi connectivity index (χ4v) is 3.11. The minimum Gasteiger partial charge on any atom is -0.486 e. The van der Waals surface area contributed by atoms with E-state index in [0.717, 1.165) is 43.7 Å². The molecule has 2 heterocycles. The molecule has 1 aromatic carbocycles. The van der Waals surface area contributed by atoms with Crippen molar-refractivity contribution in [2.75, 3.05) is 26.3 Å². The molecule has 0 spiro atoms. The average molecular weight is 275 g/mol. The fraction of sp³-hybridized carbons (Fsp3) is 0.562. The summed E-state index contributed by atoms with van der Waals surface area (Å²) in [5.41, 5.74) is 0.474. The molecule has 0 amide bonds. The summed E-state index contributed by atoms with van der Waals surface area (Å²) in [6.45, 7) is 5.00. The Morgan fingerprint density at radius 3 is 2.80 bits per heavy atom. The second kappa shape index (κ2) is 5.44. The zero-order valence-electron chi connectivity index (χ0n) is 11.9. The average Bonchev–Trinajstić information content (AvgIpc) is 2.54. The summed E-state index contributed by atoms with van der Waals surface area (Å²) in [6.07, 6.45) is 2.89. The number of nitrogens with one attached hydrogen (secondary N) is 1.